The standard InChI is InChI=1S/C32H38O3/c1-25-12-14-26(15-13-25)6-4-10-30(33)20-16-28-8-3-9-29(24-28)17-21-31(34)11-5-7-27-18-22-32(35-2)23-19-27/h3,8-9,12-15,18-19,22-24H,4-7,10-11,16-17,20-21H2,1-2H3. The lowest BCUT2D eigenvalue weighted by atomic mass is 9.98. The Hall–Kier alpha value is -3.20. The summed E-state index contributed by atoms with van der Waals surface area (Å²) in [5.41, 5.74) is 6.16. The zero-order valence-corrected chi connectivity index (χ0v) is 21.2. The average Bonchev–Trinajstić information content (AvgIpc) is 2.88. The molecule has 0 aliphatic heterocycles. The van der Waals surface area contributed by atoms with Crippen LogP contribution in [0.5, 0.6) is 5.75 Å². The highest BCUT2D eigenvalue weighted by Crippen LogP contribution is 2.15. The monoisotopic (exact) mass is 470 g/mol. The Morgan fingerprint density at radius 1 is 0.600 bits per heavy atom. The van der Waals surface area contributed by atoms with Gasteiger partial charge in [0, 0.05) is 25.7 Å². The number of carbonyl (C=O) groups is 2. The SMILES string of the molecule is COc1ccc(CCCC(=O)CCc2cccc(CCC(=O)CCCc3ccc(C)cc3)c2)cc1. The molecule has 0 aliphatic carbocycles. The molecular formula is C32H38O3. The van der Waals surface area contributed by atoms with E-state index in [4.69, 9.17) is 4.74 Å². The molecule has 3 rings (SSSR count). The van der Waals surface area contributed by atoms with Crippen molar-refractivity contribution >= 4 is 11.6 Å². The van der Waals surface area contributed by atoms with Crippen LogP contribution in [0.25, 0.3) is 0 Å². The van der Waals surface area contributed by atoms with E-state index in [9.17, 15) is 9.59 Å². The van der Waals surface area contributed by atoms with Crippen LogP contribution in [0, 0.1) is 6.92 Å². The van der Waals surface area contributed by atoms with Crippen molar-refractivity contribution in [2.75, 3.05) is 7.11 Å². The van der Waals surface area contributed by atoms with Crippen LogP contribution in [-0.2, 0) is 35.3 Å². The summed E-state index contributed by atoms with van der Waals surface area (Å²) in [4.78, 5) is 24.7. The molecule has 35 heavy (non-hydrogen) atoms. The van der Waals surface area contributed by atoms with Gasteiger partial charge in [-0.2, -0.15) is 0 Å². The molecule has 0 amide bonds. The molecule has 3 heteroatoms. The Bertz CT molecular complexity index is 1060. The molecule has 0 radical (unpaired) electrons. The molecule has 0 bridgehead atoms. The van der Waals surface area contributed by atoms with Crippen LogP contribution in [0.2, 0.25) is 0 Å². The van der Waals surface area contributed by atoms with E-state index in [2.05, 4.69) is 61.5 Å². The predicted octanol–water partition coefficient (Wildman–Crippen LogP) is 7.05. The van der Waals surface area contributed by atoms with Crippen molar-refractivity contribution in [1.82, 2.24) is 0 Å². The third-order valence-corrected chi connectivity index (χ3v) is 6.50. The smallest absolute Gasteiger partial charge is 0.133 e. The molecule has 3 aromatic rings. The Balaban J connectivity index is 1.32. The second-order valence-electron chi connectivity index (χ2n) is 9.44. The molecule has 3 nitrogen and oxygen atoms in total. The minimum absolute atomic E-state index is 0.313. The van der Waals surface area contributed by atoms with Gasteiger partial charge in [0.25, 0.3) is 0 Å². The highest BCUT2D eigenvalue weighted by atomic mass is 16.5. The molecule has 0 spiro atoms. The Kier molecular flexibility index (Phi) is 10.8. The molecule has 0 unspecified atom stereocenters. The lowest BCUT2D eigenvalue weighted by Gasteiger charge is -2.07. The molecular weight excluding hydrogens is 432 g/mol. The number of carbonyl (C=O) groups excluding carboxylic acids is 2. The van der Waals surface area contributed by atoms with Crippen LogP contribution in [0.4, 0.5) is 0 Å². The summed E-state index contributed by atoms with van der Waals surface area (Å²) in [6.45, 7) is 2.09. The number of benzene rings is 3. The molecule has 0 atom stereocenters. The van der Waals surface area contributed by atoms with Crippen LogP contribution < -0.4 is 4.74 Å². The average molecular weight is 471 g/mol. The molecule has 0 aromatic heterocycles. The Morgan fingerprint density at radius 3 is 1.57 bits per heavy atom. The Morgan fingerprint density at radius 2 is 1.09 bits per heavy atom. The van der Waals surface area contributed by atoms with E-state index in [1.54, 1.807) is 7.11 Å². The van der Waals surface area contributed by atoms with Crippen molar-refractivity contribution < 1.29 is 14.3 Å². The predicted molar refractivity (Wildman–Crippen MR) is 143 cm³/mol. The van der Waals surface area contributed by atoms with Crippen molar-refractivity contribution in [1.29, 1.82) is 0 Å². The maximum absolute atomic E-state index is 12.4. The molecule has 0 fully saturated rings. The van der Waals surface area contributed by atoms with Crippen LogP contribution >= 0.6 is 0 Å². The largest absolute Gasteiger partial charge is 0.497 e. The van der Waals surface area contributed by atoms with E-state index in [1.807, 2.05) is 18.2 Å². The highest BCUT2D eigenvalue weighted by Gasteiger charge is 2.07. The van der Waals surface area contributed by atoms with E-state index >= 15 is 0 Å². The minimum Gasteiger partial charge on any atom is -0.497 e. The normalized spacial score (nSPS) is 10.8. The number of Topliss-reactive ketones (excluding diaryl/α,β-unsaturated/α-hetero) is 2. The second-order valence-corrected chi connectivity index (χ2v) is 9.44. The fourth-order valence-corrected chi connectivity index (χ4v) is 4.28. The maximum atomic E-state index is 12.4. The van der Waals surface area contributed by atoms with Crippen molar-refractivity contribution in [3.63, 3.8) is 0 Å². The molecule has 0 saturated carbocycles. The Labute approximate surface area is 210 Å². The third kappa shape index (κ3) is 9.90. The van der Waals surface area contributed by atoms with Gasteiger partial charge in [-0.3, -0.25) is 9.59 Å². The summed E-state index contributed by atoms with van der Waals surface area (Å²) < 4.78 is 5.18. The second kappa shape index (κ2) is 14.3. The van der Waals surface area contributed by atoms with E-state index < -0.39 is 0 Å². The van der Waals surface area contributed by atoms with Gasteiger partial charge in [0.1, 0.15) is 17.3 Å². The number of ketones is 2. The van der Waals surface area contributed by atoms with Crippen LogP contribution in [0.1, 0.15) is 66.3 Å². The molecule has 0 heterocycles. The van der Waals surface area contributed by atoms with E-state index in [-0.39, 0.29) is 0 Å². The van der Waals surface area contributed by atoms with Crippen LogP contribution in [0.15, 0.2) is 72.8 Å². The topological polar surface area (TPSA) is 43.4 Å². The zero-order chi connectivity index (χ0) is 24.9. The number of aryl methyl sites for hydroxylation is 5. The van der Waals surface area contributed by atoms with E-state index in [0.29, 0.717) is 37.2 Å². The fraction of sp³-hybridized carbons (Fsp3) is 0.375. The number of methoxy groups -OCH3 is 1. The summed E-state index contributed by atoms with van der Waals surface area (Å²) in [6.07, 6.45) is 7.58. The first kappa shape index (κ1) is 26.4. The fourth-order valence-electron chi connectivity index (χ4n) is 4.28. The lowest BCUT2D eigenvalue weighted by Crippen LogP contribution is -2.03. The molecule has 0 N–H and O–H groups in total. The third-order valence-electron chi connectivity index (χ3n) is 6.50. The first-order valence-corrected chi connectivity index (χ1v) is 12.8. The lowest BCUT2D eigenvalue weighted by molar-refractivity contribution is -0.119. The summed E-state index contributed by atoms with van der Waals surface area (Å²) >= 11 is 0. The first-order valence-electron chi connectivity index (χ1n) is 12.8. The van der Waals surface area contributed by atoms with E-state index in [1.165, 1.54) is 27.8 Å². The molecule has 184 valence electrons. The minimum atomic E-state index is 0.313. The number of hydrogen-bond acceptors (Lipinski definition) is 3. The van der Waals surface area contributed by atoms with Crippen molar-refractivity contribution in [2.24, 2.45) is 0 Å². The highest BCUT2D eigenvalue weighted by molar-refractivity contribution is 5.79. The van der Waals surface area contributed by atoms with Gasteiger partial charge in [0.05, 0.1) is 7.11 Å². The summed E-state index contributed by atoms with van der Waals surface area (Å²) in [5, 5.41) is 0. The van der Waals surface area contributed by atoms with Gasteiger partial charge in [-0.25, -0.2) is 0 Å². The van der Waals surface area contributed by atoms with Gasteiger partial charge in [-0.05, 0) is 79.8 Å². The summed E-state index contributed by atoms with van der Waals surface area (Å²) in [6, 6.07) is 25.0. The van der Waals surface area contributed by atoms with Gasteiger partial charge in [0.15, 0.2) is 0 Å². The number of hydrogen-bond donors (Lipinski definition) is 0. The van der Waals surface area contributed by atoms with Gasteiger partial charge in [-0.1, -0.05) is 66.2 Å². The zero-order valence-electron chi connectivity index (χ0n) is 21.2. The van der Waals surface area contributed by atoms with Crippen molar-refractivity contribution in [3.8, 4) is 5.75 Å². The van der Waals surface area contributed by atoms with Gasteiger partial charge >= 0.3 is 0 Å². The van der Waals surface area contributed by atoms with Crippen LogP contribution in [0.3, 0.4) is 0 Å². The van der Waals surface area contributed by atoms with Gasteiger partial charge in [-0.15, -0.1) is 0 Å². The van der Waals surface area contributed by atoms with Gasteiger partial charge < -0.3 is 4.74 Å². The van der Waals surface area contributed by atoms with Gasteiger partial charge in [0.2, 0.25) is 0 Å². The molecule has 0 aliphatic rings. The quantitative estimate of drug-likeness (QED) is 0.239. The number of rotatable bonds is 15. The van der Waals surface area contributed by atoms with Crippen molar-refractivity contribution in [2.45, 2.75) is 71.1 Å². The summed E-state index contributed by atoms with van der Waals surface area (Å²) in [5.74, 6) is 1.50. The number of ether oxygens (including phenoxy) is 1. The molecule has 0 saturated heterocycles. The molecule has 3 aromatic carbocycles. The summed E-state index contributed by atoms with van der Waals surface area (Å²) in [7, 11) is 1.66. The maximum Gasteiger partial charge on any atom is 0.133 e. The van der Waals surface area contributed by atoms with Crippen molar-refractivity contribution in [3.05, 3.63) is 101 Å². The van der Waals surface area contributed by atoms with Crippen LogP contribution in [-0.4, -0.2) is 18.7 Å². The first-order chi connectivity index (χ1) is 17.0. The van der Waals surface area contributed by atoms with E-state index in [0.717, 1.165) is 44.3 Å².